The van der Waals surface area contributed by atoms with Gasteiger partial charge in [0.2, 0.25) is 0 Å². The first-order valence-corrected chi connectivity index (χ1v) is 5.51. The second kappa shape index (κ2) is 6.00. The Kier molecular flexibility index (Phi) is 4.92. The zero-order chi connectivity index (χ0) is 10.4. The second-order valence-corrected chi connectivity index (χ2v) is 4.26. The van der Waals surface area contributed by atoms with E-state index in [0.29, 0.717) is 18.4 Å². The average molecular weight is 196 g/mol. The quantitative estimate of drug-likeness (QED) is 0.715. The molecular weight excluding hydrogens is 176 g/mol. The van der Waals surface area contributed by atoms with Crippen molar-refractivity contribution in [2.45, 2.75) is 51.1 Å². The van der Waals surface area contributed by atoms with Crippen molar-refractivity contribution in [1.29, 1.82) is 5.26 Å². The lowest BCUT2D eigenvalue weighted by Gasteiger charge is -2.32. The Bertz CT molecular complexity index is 200. The highest BCUT2D eigenvalue weighted by Gasteiger charge is 2.25. The lowest BCUT2D eigenvalue weighted by atomic mass is 9.84. The largest absolute Gasteiger partial charge is 0.396 e. The number of hydrogen-bond acceptors (Lipinski definition) is 3. The molecule has 0 saturated heterocycles. The van der Waals surface area contributed by atoms with Gasteiger partial charge in [-0.3, -0.25) is 0 Å². The van der Waals surface area contributed by atoms with Crippen LogP contribution in [-0.4, -0.2) is 23.8 Å². The highest BCUT2D eigenvalue weighted by atomic mass is 16.3. The van der Waals surface area contributed by atoms with Crippen molar-refractivity contribution in [1.82, 2.24) is 5.32 Å². The molecule has 3 unspecified atom stereocenters. The summed E-state index contributed by atoms with van der Waals surface area (Å²) in [4.78, 5) is 0. The van der Waals surface area contributed by atoms with Gasteiger partial charge >= 0.3 is 0 Å². The Hall–Kier alpha value is -0.590. The van der Waals surface area contributed by atoms with Gasteiger partial charge in [-0.25, -0.2) is 0 Å². The zero-order valence-corrected chi connectivity index (χ0v) is 8.87. The zero-order valence-electron chi connectivity index (χ0n) is 8.87. The number of aliphatic hydroxyl groups excluding tert-OH is 1. The van der Waals surface area contributed by atoms with Crippen LogP contribution in [0.2, 0.25) is 0 Å². The van der Waals surface area contributed by atoms with Gasteiger partial charge < -0.3 is 10.4 Å². The van der Waals surface area contributed by atoms with Gasteiger partial charge in [-0.1, -0.05) is 12.8 Å². The van der Waals surface area contributed by atoms with E-state index in [9.17, 15) is 5.11 Å². The standard InChI is InChI=1S/C11H20N2O/c1-9(6-7-12)13-11-5-3-2-4-10(11)8-14/h9-11,13-14H,2-6,8H2,1H3. The fraction of sp³-hybridized carbons (Fsp3) is 0.909. The Labute approximate surface area is 86.1 Å². The lowest BCUT2D eigenvalue weighted by Crippen LogP contribution is -2.44. The maximum absolute atomic E-state index is 9.20. The van der Waals surface area contributed by atoms with Gasteiger partial charge in [0.15, 0.2) is 0 Å². The molecule has 0 aromatic carbocycles. The topological polar surface area (TPSA) is 56.0 Å². The first-order chi connectivity index (χ1) is 6.77. The first kappa shape index (κ1) is 11.5. The highest BCUT2D eigenvalue weighted by molar-refractivity contribution is 4.85. The van der Waals surface area contributed by atoms with Gasteiger partial charge in [0.25, 0.3) is 0 Å². The highest BCUT2D eigenvalue weighted by Crippen LogP contribution is 2.24. The van der Waals surface area contributed by atoms with Crippen molar-refractivity contribution in [3.63, 3.8) is 0 Å². The van der Waals surface area contributed by atoms with E-state index < -0.39 is 0 Å². The Balaban J connectivity index is 2.36. The molecule has 0 aromatic heterocycles. The Morgan fingerprint density at radius 1 is 1.50 bits per heavy atom. The molecule has 1 aliphatic rings. The summed E-state index contributed by atoms with van der Waals surface area (Å²) < 4.78 is 0. The number of nitriles is 1. The molecule has 14 heavy (non-hydrogen) atoms. The van der Waals surface area contributed by atoms with Crippen LogP contribution in [0.3, 0.4) is 0 Å². The fourth-order valence-corrected chi connectivity index (χ4v) is 2.21. The molecule has 0 heterocycles. The molecule has 80 valence electrons. The Morgan fingerprint density at radius 2 is 2.21 bits per heavy atom. The molecule has 0 aliphatic heterocycles. The van der Waals surface area contributed by atoms with E-state index in [1.807, 2.05) is 6.92 Å². The van der Waals surface area contributed by atoms with E-state index in [4.69, 9.17) is 5.26 Å². The molecule has 0 aromatic rings. The minimum Gasteiger partial charge on any atom is -0.396 e. The van der Waals surface area contributed by atoms with Crippen LogP contribution in [0.5, 0.6) is 0 Å². The van der Waals surface area contributed by atoms with E-state index in [0.717, 1.165) is 12.8 Å². The third kappa shape index (κ3) is 3.28. The summed E-state index contributed by atoms with van der Waals surface area (Å²) in [5, 5.41) is 21.2. The maximum atomic E-state index is 9.20. The lowest BCUT2D eigenvalue weighted by molar-refractivity contribution is 0.147. The predicted molar refractivity (Wildman–Crippen MR) is 55.7 cm³/mol. The molecule has 3 nitrogen and oxygen atoms in total. The molecule has 0 bridgehead atoms. The number of nitrogens with zero attached hydrogens (tertiary/aromatic N) is 1. The first-order valence-electron chi connectivity index (χ1n) is 5.51. The molecule has 3 heteroatoms. The van der Waals surface area contributed by atoms with E-state index in [-0.39, 0.29) is 12.6 Å². The van der Waals surface area contributed by atoms with Crippen LogP contribution in [-0.2, 0) is 0 Å². The van der Waals surface area contributed by atoms with Crippen LogP contribution in [0.25, 0.3) is 0 Å². The van der Waals surface area contributed by atoms with Gasteiger partial charge in [0.1, 0.15) is 0 Å². The minimum absolute atomic E-state index is 0.247. The summed E-state index contributed by atoms with van der Waals surface area (Å²) in [6.07, 6.45) is 5.28. The van der Waals surface area contributed by atoms with Crippen molar-refractivity contribution >= 4 is 0 Å². The van der Waals surface area contributed by atoms with E-state index in [2.05, 4.69) is 11.4 Å². The van der Waals surface area contributed by atoms with Gasteiger partial charge in [-0.05, 0) is 25.7 Å². The number of hydrogen-bond donors (Lipinski definition) is 2. The van der Waals surface area contributed by atoms with Gasteiger partial charge in [-0.15, -0.1) is 0 Å². The second-order valence-electron chi connectivity index (χ2n) is 4.26. The molecule has 1 fully saturated rings. The van der Waals surface area contributed by atoms with E-state index >= 15 is 0 Å². The summed E-state index contributed by atoms with van der Waals surface area (Å²) >= 11 is 0. The van der Waals surface area contributed by atoms with E-state index in [1.165, 1.54) is 12.8 Å². The van der Waals surface area contributed by atoms with Crippen molar-refractivity contribution < 1.29 is 5.11 Å². The number of nitrogens with one attached hydrogen (secondary N) is 1. The molecule has 0 amide bonds. The van der Waals surface area contributed by atoms with E-state index in [1.54, 1.807) is 0 Å². The van der Waals surface area contributed by atoms with Crippen molar-refractivity contribution in [2.24, 2.45) is 5.92 Å². The van der Waals surface area contributed by atoms with Gasteiger partial charge in [0.05, 0.1) is 12.5 Å². The normalized spacial score (nSPS) is 29.5. The molecule has 1 aliphatic carbocycles. The van der Waals surface area contributed by atoms with Crippen LogP contribution in [0.4, 0.5) is 0 Å². The molecular formula is C11H20N2O. The molecule has 0 radical (unpaired) electrons. The molecule has 3 atom stereocenters. The van der Waals surface area contributed by atoms with Crippen molar-refractivity contribution in [3.05, 3.63) is 0 Å². The summed E-state index contributed by atoms with van der Waals surface area (Å²) in [5.41, 5.74) is 0. The fourth-order valence-electron chi connectivity index (χ4n) is 2.21. The maximum Gasteiger partial charge on any atom is 0.0638 e. The van der Waals surface area contributed by atoms with Crippen LogP contribution < -0.4 is 5.32 Å². The van der Waals surface area contributed by atoms with Crippen LogP contribution in [0, 0.1) is 17.2 Å². The minimum atomic E-state index is 0.247. The van der Waals surface area contributed by atoms with Crippen molar-refractivity contribution in [3.8, 4) is 6.07 Å². The summed E-state index contributed by atoms with van der Waals surface area (Å²) in [5.74, 6) is 0.393. The number of rotatable bonds is 4. The summed E-state index contributed by atoms with van der Waals surface area (Å²) in [7, 11) is 0. The van der Waals surface area contributed by atoms with Gasteiger partial charge in [0, 0.05) is 18.7 Å². The van der Waals surface area contributed by atoms with Gasteiger partial charge in [-0.2, -0.15) is 5.26 Å². The summed E-state index contributed by atoms with van der Waals surface area (Å²) in [6.45, 7) is 2.31. The average Bonchev–Trinajstić information content (AvgIpc) is 2.19. The predicted octanol–water partition coefficient (Wildman–Crippen LogP) is 1.43. The molecule has 0 spiro atoms. The van der Waals surface area contributed by atoms with Crippen LogP contribution in [0.1, 0.15) is 39.0 Å². The monoisotopic (exact) mass is 196 g/mol. The van der Waals surface area contributed by atoms with Crippen molar-refractivity contribution in [2.75, 3.05) is 6.61 Å². The SMILES string of the molecule is CC(CC#N)NC1CCCCC1CO. The Morgan fingerprint density at radius 3 is 2.86 bits per heavy atom. The number of aliphatic hydroxyl groups is 1. The third-order valence-corrected chi connectivity index (χ3v) is 3.04. The van der Waals surface area contributed by atoms with Crippen LogP contribution >= 0.6 is 0 Å². The smallest absolute Gasteiger partial charge is 0.0638 e. The molecule has 1 rings (SSSR count). The molecule has 2 N–H and O–H groups in total. The molecule has 1 saturated carbocycles. The third-order valence-electron chi connectivity index (χ3n) is 3.04. The summed E-state index contributed by atoms with van der Waals surface area (Å²) in [6, 6.07) is 2.83. The van der Waals surface area contributed by atoms with Crippen LogP contribution in [0.15, 0.2) is 0 Å².